The lowest BCUT2D eigenvalue weighted by Crippen LogP contribution is -2.25. The van der Waals surface area contributed by atoms with Gasteiger partial charge in [0.15, 0.2) is 0 Å². The Bertz CT molecular complexity index is 778. The van der Waals surface area contributed by atoms with Crippen LogP contribution in [-0.2, 0) is 25.8 Å². The van der Waals surface area contributed by atoms with Crippen LogP contribution in [0.1, 0.15) is 55.1 Å². The van der Waals surface area contributed by atoms with Gasteiger partial charge in [-0.3, -0.25) is 9.69 Å². The summed E-state index contributed by atoms with van der Waals surface area (Å²) in [6.45, 7) is 4.79. The first-order valence-corrected chi connectivity index (χ1v) is 9.09. The Morgan fingerprint density at radius 1 is 1.33 bits per heavy atom. The van der Waals surface area contributed by atoms with E-state index in [0.29, 0.717) is 6.04 Å². The fraction of sp³-hybridized carbons (Fsp3) is 0.611. The van der Waals surface area contributed by atoms with Gasteiger partial charge in [0.05, 0.1) is 18.6 Å². The lowest BCUT2D eigenvalue weighted by molar-refractivity contribution is 0.306. The van der Waals surface area contributed by atoms with Crippen LogP contribution < -0.4 is 5.56 Å². The molecule has 128 valence electrons. The van der Waals surface area contributed by atoms with Crippen LogP contribution in [0.25, 0.3) is 0 Å². The van der Waals surface area contributed by atoms with Crippen molar-refractivity contribution in [3.05, 3.63) is 45.7 Å². The van der Waals surface area contributed by atoms with E-state index in [1.54, 1.807) is 6.07 Å². The maximum absolute atomic E-state index is 11.7. The van der Waals surface area contributed by atoms with Crippen LogP contribution in [-0.4, -0.2) is 37.5 Å². The minimum absolute atomic E-state index is 0.0451. The number of nitrogens with zero attached hydrogens (tertiary/aromatic N) is 4. The molecular formula is C18H25N5O. The van der Waals surface area contributed by atoms with Crippen molar-refractivity contribution in [2.75, 3.05) is 13.1 Å². The van der Waals surface area contributed by atoms with E-state index < -0.39 is 0 Å². The van der Waals surface area contributed by atoms with Gasteiger partial charge in [-0.1, -0.05) is 6.92 Å². The molecule has 0 unspecified atom stereocenters. The number of imidazole rings is 1. The zero-order valence-electron chi connectivity index (χ0n) is 14.3. The first-order chi connectivity index (χ1) is 11.7. The lowest BCUT2D eigenvalue weighted by Gasteiger charge is -2.20. The highest BCUT2D eigenvalue weighted by atomic mass is 16.1. The van der Waals surface area contributed by atoms with E-state index in [1.807, 2.05) is 13.3 Å². The Morgan fingerprint density at radius 2 is 2.21 bits per heavy atom. The molecule has 0 radical (unpaired) electrons. The molecule has 1 aliphatic carbocycles. The zero-order valence-corrected chi connectivity index (χ0v) is 14.3. The second-order valence-electron chi connectivity index (χ2n) is 6.97. The maximum atomic E-state index is 11.7. The quantitative estimate of drug-likeness (QED) is 0.931. The van der Waals surface area contributed by atoms with E-state index in [4.69, 9.17) is 0 Å². The van der Waals surface area contributed by atoms with E-state index in [2.05, 4.69) is 24.4 Å². The Hall–Kier alpha value is -1.95. The van der Waals surface area contributed by atoms with E-state index in [9.17, 15) is 4.79 Å². The molecule has 0 aromatic carbocycles. The first kappa shape index (κ1) is 15.6. The third-order valence-electron chi connectivity index (χ3n) is 5.28. The molecule has 2 aromatic rings. The summed E-state index contributed by atoms with van der Waals surface area (Å²) < 4.78 is 2.41. The summed E-state index contributed by atoms with van der Waals surface area (Å²) in [5.41, 5.74) is 3.58. The number of aromatic amines is 1. The molecule has 6 heteroatoms. The molecule has 0 saturated carbocycles. The fourth-order valence-electron chi connectivity index (χ4n) is 4.02. The van der Waals surface area contributed by atoms with Gasteiger partial charge >= 0.3 is 0 Å². The number of aromatic nitrogens is 4. The van der Waals surface area contributed by atoms with Crippen LogP contribution >= 0.6 is 0 Å². The van der Waals surface area contributed by atoms with Crippen molar-refractivity contribution in [1.82, 2.24) is 24.4 Å². The Kier molecular flexibility index (Phi) is 4.22. The van der Waals surface area contributed by atoms with Crippen LogP contribution in [0, 0.1) is 0 Å². The smallest absolute Gasteiger partial charge is 0.251 e. The molecule has 1 saturated heterocycles. The molecule has 6 nitrogen and oxygen atoms in total. The molecular weight excluding hydrogens is 302 g/mol. The summed E-state index contributed by atoms with van der Waals surface area (Å²) in [7, 11) is 0. The second kappa shape index (κ2) is 6.51. The highest BCUT2D eigenvalue weighted by Crippen LogP contribution is 2.28. The first-order valence-electron chi connectivity index (χ1n) is 9.09. The number of rotatable bonds is 4. The molecule has 24 heavy (non-hydrogen) atoms. The van der Waals surface area contributed by atoms with E-state index >= 15 is 0 Å². The highest BCUT2D eigenvalue weighted by Gasteiger charge is 2.27. The molecule has 3 heterocycles. The number of hydrogen-bond donors (Lipinski definition) is 1. The standard InChI is InChI=1S/C18H25N5O/c1-2-13-9-18(24)21-17(20-13)11-22-8-7-14(10-22)23-12-19-15-5-3-4-6-16(15)23/h9,12,14H,2-8,10-11H2,1H3,(H,20,21,24)/t14-/m1/s1. The lowest BCUT2D eigenvalue weighted by atomic mass is 10.0. The van der Waals surface area contributed by atoms with Gasteiger partial charge in [0.2, 0.25) is 0 Å². The van der Waals surface area contributed by atoms with Gasteiger partial charge in [-0.25, -0.2) is 9.97 Å². The van der Waals surface area contributed by atoms with Gasteiger partial charge in [0, 0.05) is 36.6 Å². The van der Waals surface area contributed by atoms with Gasteiger partial charge in [-0.05, 0) is 38.5 Å². The molecule has 4 rings (SSSR count). The minimum atomic E-state index is -0.0451. The summed E-state index contributed by atoms with van der Waals surface area (Å²) in [4.78, 5) is 26.2. The number of fused-ring (bicyclic) bond motifs is 1. The highest BCUT2D eigenvalue weighted by molar-refractivity contribution is 5.17. The van der Waals surface area contributed by atoms with Crippen LogP contribution in [0.3, 0.4) is 0 Å². The average molecular weight is 327 g/mol. The topological polar surface area (TPSA) is 66.8 Å². The van der Waals surface area contributed by atoms with Crippen LogP contribution in [0.15, 0.2) is 17.2 Å². The number of aryl methyl sites for hydroxylation is 2. The fourth-order valence-corrected chi connectivity index (χ4v) is 4.02. The van der Waals surface area contributed by atoms with Crippen molar-refractivity contribution in [3.63, 3.8) is 0 Å². The van der Waals surface area contributed by atoms with Crippen LogP contribution in [0.4, 0.5) is 0 Å². The van der Waals surface area contributed by atoms with Gasteiger partial charge in [-0.2, -0.15) is 0 Å². The summed E-state index contributed by atoms with van der Waals surface area (Å²) in [5, 5.41) is 0. The van der Waals surface area contributed by atoms with Gasteiger partial charge in [-0.15, -0.1) is 0 Å². The van der Waals surface area contributed by atoms with Gasteiger partial charge in [0.1, 0.15) is 5.82 Å². The predicted molar refractivity (Wildman–Crippen MR) is 92.0 cm³/mol. The number of likely N-dealkylation sites (tertiary alicyclic amines) is 1. The molecule has 1 fully saturated rings. The average Bonchev–Trinajstić information content (AvgIpc) is 3.20. The van der Waals surface area contributed by atoms with Crippen molar-refractivity contribution < 1.29 is 0 Å². The summed E-state index contributed by atoms with van der Waals surface area (Å²) in [6.07, 6.45) is 8.83. The number of H-pyrrole nitrogens is 1. The summed E-state index contributed by atoms with van der Waals surface area (Å²) >= 11 is 0. The van der Waals surface area contributed by atoms with Crippen molar-refractivity contribution in [1.29, 1.82) is 0 Å². The largest absolute Gasteiger partial charge is 0.330 e. The van der Waals surface area contributed by atoms with E-state index in [1.165, 1.54) is 30.7 Å². The van der Waals surface area contributed by atoms with Gasteiger partial charge < -0.3 is 9.55 Å². The van der Waals surface area contributed by atoms with Gasteiger partial charge in [0.25, 0.3) is 5.56 Å². The molecule has 0 spiro atoms. The molecule has 1 N–H and O–H groups in total. The summed E-state index contributed by atoms with van der Waals surface area (Å²) in [5.74, 6) is 0.785. The molecule has 1 aliphatic heterocycles. The number of nitrogens with one attached hydrogen (secondary N) is 1. The normalized spacial score (nSPS) is 21.1. The third kappa shape index (κ3) is 3.02. The third-order valence-corrected chi connectivity index (χ3v) is 5.28. The molecule has 2 aliphatic rings. The minimum Gasteiger partial charge on any atom is -0.330 e. The van der Waals surface area contributed by atoms with E-state index in [-0.39, 0.29) is 5.56 Å². The molecule has 0 bridgehead atoms. The monoisotopic (exact) mass is 327 g/mol. The van der Waals surface area contributed by atoms with Crippen LogP contribution in [0.5, 0.6) is 0 Å². The van der Waals surface area contributed by atoms with Crippen molar-refractivity contribution in [2.45, 2.75) is 58.0 Å². The SMILES string of the molecule is CCc1cc(=O)[nH]c(CN2CC[C@@H](n3cnc4c3CCCC4)C2)n1. The predicted octanol–water partition coefficient (Wildman–Crippen LogP) is 1.85. The maximum Gasteiger partial charge on any atom is 0.251 e. The van der Waals surface area contributed by atoms with Crippen molar-refractivity contribution in [2.24, 2.45) is 0 Å². The Balaban J connectivity index is 1.46. The summed E-state index contributed by atoms with van der Waals surface area (Å²) in [6, 6.07) is 2.09. The molecule has 0 amide bonds. The molecule has 1 atom stereocenters. The zero-order chi connectivity index (χ0) is 16.5. The van der Waals surface area contributed by atoms with Crippen LogP contribution in [0.2, 0.25) is 0 Å². The van der Waals surface area contributed by atoms with E-state index in [0.717, 1.165) is 50.4 Å². The second-order valence-corrected chi connectivity index (χ2v) is 6.97. The van der Waals surface area contributed by atoms with Crippen molar-refractivity contribution in [3.8, 4) is 0 Å². The van der Waals surface area contributed by atoms with Crippen molar-refractivity contribution >= 4 is 0 Å². The number of hydrogen-bond acceptors (Lipinski definition) is 4. The molecule has 2 aromatic heterocycles. The Morgan fingerprint density at radius 3 is 3.08 bits per heavy atom. The Labute approximate surface area is 141 Å².